The lowest BCUT2D eigenvalue weighted by Gasteiger charge is -2.14. The molecule has 2 heterocycles. The van der Waals surface area contributed by atoms with E-state index in [9.17, 15) is 0 Å². The molecule has 0 spiro atoms. The van der Waals surface area contributed by atoms with Gasteiger partial charge in [0.25, 0.3) is 0 Å². The van der Waals surface area contributed by atoms with Crippen molar-refractivity contribution in [3.05, 3.63) is 77.8 Å². The molecule has 0 amide bonds. The number of aromatic nitrogens is 3. The Hall–Kier alpha value is -3.42. The molecule has 0 unspecified atom stereocenters. The monoisotopic (exact) mass is 463 g/mol. The Labute approximate surface area is 198 Å². The van der Waals surface area contributed by atoms with E-state index in [1.807, 2.05) is 48.5 Å². The van der Waals surface area contributed by atoms with E-state index >= 15 is 0 Å². The number of anilines is 2. The number of benzene rings is 2. The Morgan fingerprint density at radius 3 is 2.67 bits per heavy atom. The summed E-state index contributed by atoms with van der Waals surface area (Å²) in [5.41, 5.74) is 2.41. The summed E-state index contributed by atoms with van der Waals surface area (Å²) >= 11 is 6.47. The maximum Gasteiger partial charge on any atom is 0.145 e. The highest BCUT2D eigenvalue weighted by Crippen LogP contribution is 2.34. The van der Waals surface area contributed by atoms with Crippen LogP contribution in [0.3, 0.4) is 0 Å². The van der Waals surface area contributed by atoms with E-state index in [-0.39, 0.29) is 0 Å². The van der Waals surface area contributed by atoms with Gasteiger partial charge >= 0.3 is 0 Å². The number of hydrogen-bond acceptors (Lipinski definition) is 7. The van der Waals surface area contributed by atoms with Crippen LogP contribution in [0, 0.1) is 0 Å². The Morgan fingerprint density at radius 2 is 1.85 bits per heavy atom. The molecule has 0 bridgehead atoms. The van der Waals surface area contributed by atoms with Gasteiger partial charge in [-0.1, -0.05) is 30.7 Å². The van der Waals surface area contributed by atoms with Crippen molar-refractivity contribution < 1.29 is 9.47 Å². The second kappa shape index (κ2) is 11.4. The van der Waals surface area contributed by atoms with Crippen LogP contribution in [0.4, 0.5) is 11.5 Å². The first-order valence-electron chi connectivity index (χ1n) is 10.9. The van der Waals surface area contributed by atoms with E-state index in [2.05, 4.69) is 32.5 Å². The first-order chi connectivity index (χ1) is 16.2. The van der Waals surface area contributed by atoms with E-state index in [0.717, 1.165) is 47.5 Å². The minimum absolute atomic E-state index is 0.345. The molecule has 0 aliphatic carbocycles. The van der Waals surface area contributed by atoms with Crippen molar-refractivity contribution in [2.24, 2.45) is 0 Å². The molecule has 0 saturated heterocycles. The van der Waals surface area contributed by atoms with Gasteiger partial charge < -0.3 is 20.1 Å². The molecule has 7 nitrogen and oxygen atoms in total. The van der Waals surface area contributed by atoms with Crippen molar-refractivity contribution in [3.63, 3.8) is 0 Å². The van der Waals surface area contributed by atoms with Gasteiger partial charge in [0.05, 0.1) is 21.6 Å². The fourth-order valence-corrected chi connectivity index (χ4v) is 3.53. The number of nitrogens with zero attached hydrogens (tertiary/aromatic N) is 3. The Kier molecular flexibility index (Phi) is 7.90. The highest BCUT2D eigenvalue weighted by molar-refractivity contribution is 6.32. The Morgan fingerprint density at radius 1 is 0.909 bits per heavy atom. The smallest absolute Gasteiger partial charge is 0.145 e. The molecule has 0 fully saturated rings. The van der Waals surface area contributed by atoms with Crippen molar-refractivity contribution in [2.45, 2.75) is 20.0 Å². The molecule has 2 aromatic heterocycles. The second-order valence-electron chi connectivity index (χ2n) is 7.35. The van der Waals surface area contributed by atoms with Gasteiger partial charge in [0.2, 0.25) is 0 Å². The van der Waals surface area contributed by atoms with Gasteiger partial charge in [-0.2, -0.15) is 0 Å². The topological polar surface area (TPSA) is 81.2 Å². The fraction of sp³-hybridized carbons (Fsp3) is 0.240. The zero-order chi connectivity index (χ0) is 22.9. The lowest BCUT2D eigenvalue weighted by Crippen LogP contribution is -2.21. The summed E-state index contributed by atoms with van der Waals surface area (Å²) in [5.74, 6) is 1.97. The van der Waals surface area contributed by atoms with Crippen molar-refractivity contribution in [1.29, 1.82) is 0 Å². The normalized spacial score (nSPS) is 10.8. The van der Waals surface area contributed by atoms with Gasteiger partial charge in [-0.05, 0) is 55.4 Å². The Bertz CT molecular complexity index is 1180. The van der Waals surface area contributed by atoms with Crippen LogP contribution in [-0.4, -0.2) is 34.6 Å². The summed E-state index contributed by atoms with van der Waals surface area (Å²) in [6, 6.07) is 17.0. The zero-order valence-corrected chi connectivity index (χ0v) is 19.2. The number of nitrogens with one attached hydrogen (secondary N) is 2. The van der Waals surface area contributed by atoms with Gasteiger partial charge in [-0.25, -0.2) is 9.97 Å². The van der Waals surface area contributed by atoms with Crippen molar-refractivity contribution >= 4 is 34.0 Å². The zero-order valence-electron chi connectivity index (χ0n) is 18.4. The van der Waals surface area contributed by atoms with Crippen LogP contribution >= 0.6 is 11.6 Å². The van der Waals surface area contributed by atoms with E-state index in [1.54, 1.807) is 12.3 Å². The fourth-order valence-electron chi connectivity index (χ4n) is 3.30. The molecule has 8 heteroatoms. The SMILES string of the molecule is CCCNCCOc1cccc2ncnc(Nc3ccc(OCc4ccccn4)c(Cl)c3)c12. The van der Waals surface area contributed by atoms with Crippen molar-refractivity contribution in [1.82, 2.24) is 20.3 Å². The number of fused-ring (bicyclic) bond motifs is 1. The third kappa shape index (κ3) is 6.09. The quantitative estimate of drug-likeness (QED) is 0.289. The summed E-state index contributed by atoms with van der Waals surface area (Å²) in [6.07, 6.45) is 4.36. The molecule has 4 aromatic rings. The van der Waals surface area contributed by atoms with Crippen LogP contribution in [0.5, 0.6) is 11.5 Å². The van der Waals surface area contributed by atoms with Gasteiger partial charge in [0.1, 0.15) is 36.9 Å². The van der Waals surface area contributed by atoms with Crippen LogP contribution in [0.25, 0.3) is 10.9 Å². The third-order valence-corrected chi connectivity index (χ3v) is 5.18. The molecular weight excluding hydrogens is 438 g/mol. The predicted octanol–water partition coefficient (Wildman–Crippen LogP) is 5.38. The molecule has 33 heavy (non-hydrogen) atoms. The average molecular weight is 464 g/mol. The number of halogens is 1. The van der Waals surface area contributed by atoms with Crippen LogP contribution in [0.2, 0.25) is 5.02 Å². The Balaban J connectivity index is 1.49. The molecule has 0 aliphatic heterocycles. The maximum atomic E-state index is 6.47. The van der Waals surface area contributed by atoms with E-state index < -0.39 is 0 Å². The van der Waals surface area contributed by atoms with Crippen LogP contribution in [0.15, 0.2) is 67.1 Å². The minimum atomic E-state index is 0.345. The van der Waals surface area contributed by atoms with Gasteiger partial charge in [0.15, 0.2) is 0 Å². The number of rotatable bonds is 11. The summed E-state index contributed by atoms with van der Waals surface area (Å²) in [7, 11) is 0. The van der Waals surface area contributed by atoms with Crippen LogP contribution in [0.1, 0.15) is 19.0 Å². The lowest BCUT2D eigenvalue weighted by atomic mass is 10.2. The molecule has 2 aromatic carbocycles. The number of hydrogen-bond donors (Lipinski definition) is 2. The number of pyridine rings is 1. The average Bonchev–Trinajstić information content (AvgIpc) is 2.84. The third-order valence-electron chi connectivity index (χ3n) is 4.88. The second-order valence-corrected chi connectivity index (χ2v) is 7.76. The van der Waals surface area contributed by atoms with E-state index in [1.165, 1.54) is 6.33 Å². The van der Waals surface area contributed by atoms with Crippen LogP contribution < -0.4 is 20.1 Å². The van der Waals surface area contributed by atoms with Gasteiger partial charge in [0, 0.05) is 18.4 Å². The standard InChI is InChI=1S/C25H26ClN5O2/c1-2-11-27-13-14-32-23-8-5-7-21-24(23)25(30-17-29-21)31-18-9-10-22(20(26)15-18)33-16-19-6-3-4-12-28-19/h3-10,12,15,17,27H,2,11,13-14,16H2,1H3,(H,29,30,31). The largest absolute Gasteiger partial charge is 0.491 e. The first kappa shape index (κ1) is 22.8. The molecule has 0 atom stereocenters. The highest BCUT2D eigenvalue weighted by atomic mass is 35.5. The highest BCUT2D eigenvalue weighted by Gasteiger charge is 2.12. The van der Waals surface area contributed by atoms with Crippen molar-refractivity contribution in [2.75, 3.05) is 25.0 Å². The summed E-state index contributed by atoms with van der Waals surface area (Å²) < 4.78 is 11.8. The summed E-state index contributed by atoms with van der Waals surface area (Å²) in [4.78, 5) is 13.1. The molecule has 170 valence electrons. The van der Waals surface area contributed by atoms with E-state index in [0.29, 0.717) is 29.8 Å². The molecule has 0 radical (unpaired) electrons. The van der Waals surface area contributed by atoms with E-state index in [4.69, 9.17) is 21.1 Å². The van der Waals surface area contributed by atoms with Gasteiger partial charge in [-0.15, -0.1) is 0 Å². The molecule has 2 N–H and O–H groups in total. The maximum absolute atomic E-state index is 6.47. The first-order valence-corrected chi connectivity index (χ1v) is 11.3. The summed E-state index contributed by atoms with van der Waals surface area (Å²) in [5, 5.41) is 7.99. The minimum Gasteiger partial charge on any atom is -0.491 e. The molecule has 4 rings (SSSR count). The van der Waals surface area contributed by atoms with Gasteiger partial charge in [-0.3, -0.25) is 4.98 Å². The molecule has 0 saturated carbocycles. The number of ether oxygens (including phenoxy) is 2. The van der Waals surface area contributed by atoms with Crippen LogP contribution in [-0.2, 0) is 6.61 Å². The molecule has 0 aliphatic rings. The molecular formula is C25H26ClN5O2. The van der Waals surface area contributed by atoms with Crippen molar-refractivity contribution in [3.8, 4) is 11.5 Å². The summed E-state index contributed by atoms with van der Waals surface area (Å²) in [6.45, 7) is 4.78. The lowest BCUT2D eigenvalue weighted by molar-refractivity contribution is 0.301. The predicted molar refractivity (Wildman–Crippen MR) is 131 cm³/mol.